The Labute approximate surface area is 69.1 Å². The molecule has 0 radical (unpaired) electrons. The number of carbonyl (C=O) groups excluding carboxylic acids is 1. The molecule has 1 amide bonds. The van der Waals surface area contributed by atoms with Gasteiger partial charge < -0.3 is 15.6 Å². The van der Waals surface area contributed by atoms with Crippen LogP contribution in [0.4, 0.5) is 0 Å². The lowest BCUT2D eigenvalue weighted by Crippen LogP contribution is -2.30. The Hall–Kier alpha value is -1.43. The molecule has 0 saturated heterocycles. The van der Waals surface area contributed by atoms with Crippen LogP contribution in [0.5, 0.6) is 0 Å². The van der Waals surface area contributed by atoms with E-state index in [0.29, 0.717) is 18.8 Å². The van der Waals surface area contributed by atoms with E-state index in [2.05, 4.69) is 20.0 Å². The summed E-state index contributed by atoms with van der Waals surface area (Å²) in [6.45, 7) is 0.792. The van der Waals surface area contributed by atoms with Gasteiger partial charge in [-0.2, -0.15) is 4.98 Å². The van der Waals surface area contributed by atoms with Crippen LogP contribution >= 0.6 is 0 Å². The molecular weight excluding hydrogens is 160 g/mol. The predicted octanol–water partition coefficient (Wildman–Crippen LogP) is -1.31. The summed E-state index contributed by atoms with van der Waals surface area (Å²) in [5.74, 6) is 0.245. The molecule has 6 heteroatoms. The fourth-order valence-electron chi connectivity index (χ4n) is 0.714. The lowest BCUT2D eigenvalue weighted by atomic mass is 10.4. The number of hydrogen-bond donors (Lipinski definition) is 2. The lowest BCUT2D eigenvalue weighted by Gasteiger charge is -1.97. The second-order valence-corrected chi connectivity index (χ2v) is 2.24. The zero-order valence-corrected chi connectivity index (χ0v) is 6.49. The Balaban J connectivity index is 2.07. The highest BCUT2D eigenvalue weighted by Crippen LogP contribution is 1.87. The van der Waals surface area contributed by atoms with E-state index < -0.39 is 0 Å². The first-order valence-corrected chi connectivity index (χ1v) is 3.53. The number of amides is 1. The number of primary amides is 1. The number of nitrogens with two attached hydrogens (primary N) is 1. The summed E-state index contributed by atoms with van der Waals surface area (Å²) in [6.07, 6.45) is 1.90. The van der Waals surface area contributed by atoms with E-state index in [1.807, 2.05) is 0 Å². The molecule has 12 heavy (non-hydrogen) atoms. The van der Waals surface area contributed by atoms with Crippen LogP contribution in [0.15, 0.2) is 10.9 Å². The van der Waals surface area contributed by atoms with Crippen molar-refractivity contribution in [2.24, 2.45) is 5.73 Å². The van der Waals surface area contributed by atoms with Gasteiger partial charge in [0, 0.05) is 13.0 Å². The average molecular weight is 170 g/mol. The molecule has 0 unspecified atom stereocenters. The minimum absolute atomic E-state index is 0.178. The number of aromatic nitrogens is 2. The molecule has 1 rings (SSSR count). The summed E-state index contributed by atoms with van der Waals surface area (Å²) < 4.78 is 4.51. The van der Waals surface area contributed by atoms with E-state index in [1.54, 1.807) is 0 Å². The van der Waals surface area contributed by atoms with Gasteiger partial charge in [0.25, 0.3) is 0 Å². The third-order valence-corrected chi connectivity index (χ3v) is 1.23. The summed E-state index contributed by atoms with van der Waals surface area (Å²) in [5.41, 5.74) is 4.90. The van der Waals surface area contributed by atoms with E-state index in [1.165, 1.54) is 6.39 Å². The number of carbonyl (C=O) groups is 1. The first kappa shape index (κ1) is 8.66. The van der Waals surface area contributed by atoms with Crippen molar-refractivity contribution >= 4 is 5.91 Å². The second kappa shape index (κ2) is 4.45. The van der Waals surface area contributed by atoms with Crippen molar-refractivity contribution in [3.8, 4) is 0 Å². The average Bonchev–Trinajstić information content (AvgIpc) is 2.49. The molecule has 0 spiro atoms. The van der Waals surface area contributed by atoms with Crippen molar-refractivity contribution in [2.45, 2.75) is 6.42 Å². The molecule has 66 valence electrons. The standard InChI is InChI=1S/C6H10N4O2/c7-5(11)3-8-2-1-6-9-4-12-10-6/h4,8H,1-3H2,(H2,7,11). The van der Waals surface area contributed by atoms with Crippen LogP contribution in [0, 0.1) is 0 Å². The highest BCUT2D eigenvalue weighted by molar-refractivity contribution is 5.75. The van der Waals surface area contributed by atoms with E-state index in [4.69, 9.17) is 5.73 Å². The first-order chi connectivity index (χ1) is 5.79. The van der Waals surface area contributed by atoms with E-state index in [-0.39, 0.29) is 12.5 Å². The van der Waals surface area contributed by atoms with Gasteiger partial charge in [-0.05, 0) is 0 Å². The zero-order valence-electron chi connectivity index (χ0n) is 6.49. The summed E-state index contributed by atoms with van der Waals surface area (Å²) >= 11 is 0. The van der Waals surface area contributed by atoms with Crippen molar-refractivity contribution in [3.63, 3.8) is 0 Å². The molecule has 6 nitrogen and oxygen atoms in total. The largest absolute Gasteiger partial charge is 0.369 e. The quantitative estimate of drug-likeness (QED) is 0.535. The number of rotatable bonds is 5. The van der Waals surface area contributed by atoms with E-state index in [9.17, 15) is 4.79 Å². The highest BCUT2D eigenvalue weighted by Gasteiger charge is 1.97. The van der Waals surface area contributed by atoms with Crippen LogP contribution in [0.2, 0.25) is 0 Å². The highest BCUT2D eigenvalue weighted by atomic mass is 16.5. The van der Waals surface area contributed by atoms with Gasteiger partial charge in [0.15, 0.2) is 5.82 Å². The minimum atomic E-state index is -0.372. The minimum Gasteiger partial charge on any atom is -0.369 e. The van der Waals surface area contributed by atoms with Gasteiger partial charge in [0.1, 0.15) is 0 Å². The molecule has 0 aliphatic rings. The van der Waals surface area contributed by atoms with Crippen LogP contribution in [0.1, 0.15) is 5.82 Å². The van der Waals surface area contributed by atoms with Crippen molar-refractivity contribution in [3.05, 3.63) is 12.2 Å². The van der Waals surface area contributed by atoms with Crippen molar-refractivity contribution in [1.29, 1.82) is 0 Å². The van der Waals surface area contributed by atoms with Gasteiger partial charge in [0.2, 0.25) is 12.3 Å². The normalized spacial score (nSPS) is 10.0. The molecule has 1 aromatic heterocycles. The molecule has 0 aliphatic carbocycles. The van der Waals surface area contributed by atoms with Crippen LogP contribution in [-0.2, 0) is 11.2 Å². The van der Waals surface area contributed by atoms with Crippen molar-refractivity contribution < 1.29 is 9.32 Å². The number of hydrogen-bond acceptors (Lipinski definition) is 5. The topological polar surface area (TPSA) is 94.0 Å². The molecule has 0 fully saturated rings. The molecule has 0 saturated carbocycles. The Bertz CT molecular complexity index is 234. The van der Waals surface area contributed by atoms with Gasteiger partial charge in [-0.15, -0.1) is 0 Å². The van der Waals surface area contributed by atoms with Gasteiger partial charge in [-0.25, -0.2) is 0 Å². The fraction of sp³-hybridized carbons (Fsp3) is 0.500. The number of nitrogens with zero attached hydrogens (tertiary/aromatic N) is 2. The summed E-state index contributed by atoms with van der Waals surface area (Å²) in [5, 5.41) is 6.42. The smallest absolute Gasteiger partial charge is 0.231 e. The van der Waals surface area contributed by atoms with E-state index in [0.717, 1.165) is 0 Å². The molecule has 1 heterocycles. The molecular formula is C6H10N4O2. The lowest BCUT2D eigenvalue weighted by molar-refractivity contribution is -0.117. The molecule has 0 aromatic carbocycles. The zero-order chi connectivity index (χ0) is 8.81. The molecule has 0 bridgehead atoms. The second-order valence-electron chi connectivity index (χ2n) is 2.24. The fourth-order valence-corrected chi connectivity index (χ4v) is 0.714. The molecule has 0 aliphatic heterocycles. The Morgan fingerprint density at radius 1 is 1.75 bits per heavy atom. The number of nitrogens with one attached hydrogen (secondary N) is 1. The Morgan fingerprint density at radius 2 is 2.58 bits per heavy atom. The van der Waals surface area contributed by atoms with Crippen LogP contribution in [0.25, 0.3) is 0 Å². The third kappa shape index (κ3) is 3.11. The van der Waals surface area contributed by atoms with Gasteiger partial charge in [0.05, 0.1) is 6.54 Å². The van der Waals surface area contributed by atoms with Gasteiger partial charge in [-0.1, -0.05) is 5.16 Å². The van der Waals surface area contributed by atoms with Crippen LogP contribution in [0.3, 0.4) is 0 Å². The maximum atomic E-state index is 10.3. The summed E-state index contributed by atoms with van der Waals surface area (Å²) in [6, 6.07) is 0. The van der Waals surface area contributed by atoms with Crippen molar-refractivity contribution in [1.82, 2.24) is 15.5 Å². The molecule has 3 N–H and O–H groups in total. The Kier molecular flexibility index (Phi) is 3.21. The maximum Gasteiger partial charge on any atom is 0.231 e. The molecule has 1 aromatic rings. The SMILES string of the molecule is NC(=O)CNCCc1ncon1. The van der Waals surface area contributed by atoms with Crippen LogP contribution in [-0.4, -0.2) is 29.1 Å². The summed E-state index contributed by atoms with van der Waals surface area (Å²) in [4.78, 5) is 14.1. The van der Waals surface area contributed by atoms with Crippen molar-refractivity contribution in [2.75, 3.05) is 13.1 Å². The van der Waals surface area contributed by atoms with Gasteiger partial charge >= 0.3 is 0 Å². The predicted molar refractivity (Wildman–Crippen MR) is 40.1 cm³/mol. The summed E-state index contributed by atoms with van der Waals surface area (Å²) in [7, 11) is 0. The third-order valence-electron chi connectivity index (χ3n) is 1.23. The monoisotopic (exact) mass is 170 g/mol. The van der Waals surface area contributed by atoms with Gasteiger partial charge in [-0.3, -0.25) is 4.79 Å². The van der Waals surface area contributed by atoms with E-state index >= 15 is 0 Å². The van der Waals surface area contributed by atoms with Crippen LogP contribution < -0.4 is 11.1 Å². The Morgan fingerprint density at radius 3 is 3.17 bits per heavy atom. The first-order valence-electron chi connectivity index (χ1n) is 3.53. The molecule has 0 atom stereocenters. The maximum absolute atomic E-state index is 10.3.